The second kappa shape index (κ2) is 3.30. The Morgan fingerprint density at radius 2 is 2.24 bits per heavy atom. The standard InChI is InChI=1S/C10H15N7/c1-10(2)3-6(10)13-7-5-4-12-17-8(5)15-9(14-7)16-11/h4,6H,3,11H2,1-2H3,(H3,12,13,14,15,16,17). The second-order valence-corrected chi connectivity index (χ2v) is 5.06. The molecule has 0 spiro atoms. The van der Waals surface area contributed by atoms with E-state index in [0.29, 0.717) is 23.1 Å². The van der Waals surface area contributed by atoms with Crippen LogP contribution < -0.4 is 16.6 Å². The fraction of sp³-hybridized carbons (Fsp3) is 0.500. The number of nitrogens with two attached hydrogens (primary N) is 1. The summed E-state index contributed by atoms with van der Waals surface area (Å²) in [5.74, 6) is 6.49. The van der Waals surface area contributed by atoms with E-state index in [1.807, 2.05) is 0 Å². The summed E-state index contributed by atoms with van der Waals surface area (Å²) in [6.07, 6.45) is 2.86. The maximum atomic E-state index is 5.34. The first-order chi connectivity index (χ1) is 8.10. The number of aromatic amines is 1. The summed E-state index contributed by atoms with van der Waals surface area (Å²) in [4.78, 5) is 8.49. The molecule has 2 aromatic heterocycles. The summed E-state index contributed by atoms with van der Waals surface area (Å²) in [5, 5.41) is 11.1. The first kappa shape index (κ1) is 10.3. The molecule has 0 aliphatic heterocycles. The number of hydrogen-bond acceptors (Lipinski definition) is 6. The Balaban J connectivity index is 1.99. The van der Waals surface area contributed by atoms with E-state index in [2.05, 4.69) is 44.8 Å². The van der Waals surface area contributed by atoms with Crippen LogP contribution in [0, 0.1) is 5.41 Å². The summed E-state index contributed by atoms with van der Waals surface area (Å²) in [5.41, 5.74) is 3.46. The Morgan fingerprint density at radius 1 is 1.47 bits per heavy atom. The topological polar surface area (TPSA) is 105 Å². The number of aromatic nitrogens is 4. The molecule has 7 nitrogen and oxygen atoms in total. The van der Waals surface area contributed by atoms with Crippen molar-refractivity contribution in [3.63, 3.8) is 0 Å². The van der Waals surface area contributed by atoms with Crippen molar-refractivity contribution in [1.82, 2.24) is 20.2 Å². The van der Waals surface area contributed by atoms with Crippen molar-refractivity contribution >= 4 is 22.8 Å². The molecular formula is C10H15N7. The zero-order valence-corrected chi connectivity index (χ0v) is 9.78. The van der Waals surface area contributed by atoms with Gasteiger partial charge in [0, 0.05) is 6.04 Å². The number of nitrogen functional groups attached to an aromatic ring is 1. The van der Waals surface area contributed by atoms with Crippen LogP contribution in [0.15, 0.2) is 6.20 Å². The first-order valence-corrected chi connectivity index (χ1v) is 5.54. The minimum absolute atomic E-state index is 0.331. The fourth-order valence-electron chi connectivity index (χ4n) is 1.89. The van der Waals surface area contributed by atoms with Gasteiger partial charge in [0.25, 0.3) is 0 Å². The minimum atomic E-state index is 0.331. The zero-order chi connectivity index (χ0) is 12.0. The number of fused-ring (bicyclic) bond motifs is 1. The molecule has 1 unspecified atom stereocenters. The van der Waals surface area contributed by atoms with Crippen LogP contribution in [-0.4, -0.2) is 26.2 Å². The van der Waals surface area contributed by atoms with Crippen molar-refractivity contribution in [2.75, 3.05) is 10.7 Å². The Labute approximate surface area is 98.2 Å². The molecule has 0 saturated heterocycles. The maximum Gasteiger partial charge on any atom is 0.241 e. The molecule has 0 amide bonds. The summed E-state index contributed by atoms with van der Waals surface area (Å²) in [6, 6.07) is 0.445. The van der Waals surface area contributed by atoms with E-state index < -0.39 is 0 Å². The molecule has 90 valence electrons. The first-order valence-electron chi connectivity index (χ1n) is 5.54. The van der Waals surface area contributed by atoms with E-state index in [1.54, 1.807) is 6.20 Å². The lowest BCUT2D eigenvalue weighted by Crippen LogP contribution is -2.14. The smallest absolute Gasteiger partial charge is 0.241 e. The van der Waals surface area contributed by atoms with E-state index in [0.717, 1.165) is 17.6 Å². The molecule has 2 heterocycles. The van der Waals surface area contributed by atoms with Crippen LogP contribution in [0.5, 0.6) is 0 Å². The Kier molecular flexibility index (Phi) is 1.99. The summed E-state index contributed by atoms with van der Waals surface area (Å²) >= 11 is 0. The van der Waals surface area contributed by atoms with E-state index in [-0.39, 0.29) is 0 Å². The maximum absolute atomic E-state index is 5.34. The fourth-order valence-corrected chi connectivity index (χ4v) is 1.89. The minimum Gasteiger partial charge on any atom is -0.366 e. The van der Waals surface area contributed by atoms with Crippen molar-refractivity contribution < 1.29 is 0 Å². The second-order valence-electron chi connectivity index (χ2n) is 5.06. The monoisotopic (exact) mass is 233 g/mol. The summed E-state index contributed by atoms with van der Waals surface area (Å²) in [7, 11) is 0. The highest BCUT2D eigenvalue weighted by atomic mass is 15.3. The average molecular weight is 233 g/mol. The quantitative estimate of drug-likeness (QED) is 0.463. The number of nitrogens with one attached hydrogen (secondary N) is 3. The number of hydrogen-bond donors (Lipinski definition) is 4. The highest BCUT2D eigenvalue weighted by Gasteiger charge is 2.46. The van der Waals surface area contributed by atoms with Gasteiger partial charge in [-0.05, 0) is 11.8 Å². The van der Waals surface area contributed by atoms with Gasteiger partial charge in [0.1, 0.15) is 5.82 Å². The molecule has 0 bridgehead atoms. The molecule has 2 aromatic rings. The van der Waals surface area contributed by atoms with Gasteiger partial charge < -0.3 is 5.32 Å². The van der Waals surface area contributed by atoms with Crippen LogP contribution in [0.1, 0.15) is 20.3 Å². The van der Waals surface area contributed by atoms with E-state index in [9.17, 15) is 0 Å². The van der Waals surface area contributed by atoms with Gasteiger partial charge in [-0.2, -0.15) is 15.1 Å². The summed E-state index contributed by atoms with van der Waals surface area (Å²) in [6.45, 7) is 4.45. The summed E-state index contributed by atoms with van der Waals surface area (Å²) < 4.78 is 0. The largest absolute Gasteiger partial charge is 0.366 e. The van der Waals surface area contributed by atoms with Gasteiger partial charge in [-0.1, -0.05) is 13.8 Å². The van der Waals surface area contributed by atoms with E-state index in [1.165, 1.54) is 0 Å². The number of H-pyrrole nitrogens is 1. The Morgan fingerprint density at radius 3 is 2.88 bits per heavy atom. The van der Waals surface area contributed by atoms with Crippen LogP contribution in [0.4, 0.5) is 11.8 Å². The van der Waals surface area contributed by atoms with Crippen molar-refractivity contribution in [3.05, 3.63) is 6.20 Å². The molecule has 1 fully saturated rings. The van der Waals surface area contributed by atoms with E-state index in [4.69, 9.17) is 5.84 Å². The van der Waals surface area contributed by atoms with Crippen LogP contribution >= 0.6 is 0 Å². The van der Waals surface area contributed by atoms with Crippen LogP contribution in [-0.2, 0) is 0 Å². The third-order valence-corrected chi connectivity index (χ3v) is 3.26. The molecular weight excluding hydrogens is 218 g/mol. The van der Waals surface area contributed by atoms with Crippen molar-refractivity contribution in [2.24, 2.45) is 11.3 Å². The van der Waals surface area contributed by atoms with Crippen molar-refractivity contribution in [2.45, 2.75) is 26.3 Å². The van der Waals surface area contributed by atoms with Crippen molar-refractivity contribution in [3.8, 4) is 0 Å². The highest BCUT2D eigenvalue weighted by molar-refractivity contribution is 5.87. The number of rotatable bonds is 3. The Hall–Kier alpha value is -1.89. The molecule has 1 aliphatic rings. The van der Waals surface area contributed by atoms with Gasteiger partial charge in [0.2, 0.25) is 5.95 Å². The number of nitrogens with zero attached hydrogens (tertiary/aromatic N) is 3. The molecule has 0 radical (unpaired) electrons. The molecule has 17 heavy (non-hydrogen) atoms. The SMILES string of the molecule is CC1(C)CC1Nc1nc(NN)nc2[nH]ncc12. The van der Waals surface area contributed by atoms with Gasteiger partial charge in [0.15, 0.2) is 5.65 Å². The van der Waals surface area contributed by atoms with Gasteiger partial charge in [-0.3, -0.25) is 10.5 Å². The highest BCUT2D eigenvalue weighted by Crippen LogP contribution is 2.46. The average Bonchev–Trinajstić information content (AvgIpc) is 2.74. The predicted octanol–water partition coefficient (Wildman–Crippen LogP) is 0.849. The van der Waals surface area contributed by atoms with Gasteiger partial charge in [0.05, 0.1) is 11.6 Å². The Bertz CT molecular complexity index is 559. The third kappa shape index (κ3) is 1.68. The van der Waals surface area contributed by atoms with Gasteiger partial charge >= 0.3 is 0 Å². The molecule has 1 saturated carbocycles. The lowest BCUT2D eigenvalue weighted by atomic mass is 10.2. The van der Waals surface area contributed by atoms with Gasteiger partial charge in [-0.25, -0.2) is 5.84 Å². The van der Waals surface area contributed by atoms with Crippen LogP contribution in [0.2, 0.25) is 0 Å². The molecule has 5 N–H and O–H groups in total. The molecule has 1 aliphatic carbocycles. The predicted molar refractivity (Wildman–Crippen MR) is 65.3 cm³/mol. The van der Waals surface area contributed by atoms with Crippen LogP contribution in [0.25, 0.3) is 11.0 Å². The van der Waals surface area contributed by atoms with Crippen molar-refractivity contribution in [1.29, 1.82) is 0 Å². The number of hydrazine groups is 1. The molecule has 0 aromatic carbocycles. The normalized spacial score (nSPS) is 21.5. The lowest BCUT2D eigenvalue weighted by molar-refractivity contribution is 0.630. The zero-order valence-electron chi connectivity index (χ0n) is 9.78. The third-order valence-electron chi connectivity index (χ3n) is 3.26. The number of anilines is 2. The molecule has 1 atom stereocenters. The van der Waals surface area contributed by atoms with E-state index >= 15 is 0 Å². The van der Waals surface area contributed by atoms with Gasteiger partial charge in [-0.15, -0.1) is 0 Å². The van der Waals surface area contributed by atoms with Crippen LogP contribution in [0.3, 0.4) is 0 Å². The molecule has 3 rings (SSSR count). The molecule has 7 heteroatoms. The lowest BCUT2D eigenvalue weighted by Gasteiger charge is -2.09.